The van der Waals surface area contributed by atoms with Gasteiger partial charge < -0.3 is 14.5 Å². The molecular weight excluding hydrogens is 180 g/mol. The first-order valence-electron chi connectivity index (χ1n) is 5.15. The van der Waals surface area contributed by atoms with Gasteiger partial charge in [-0.3, -0.25) is 0 Å². The van der Waals surface area contributed by atoms with Gasteiger partial charge in [-0.15, -0.1) is 0 Å². The zero-order chi connectivity index (χ0) is 10.7. The molecule has 0 spiro atoms. The Morgan fingerprint density at radius 2 is 2.21 bits per heavy atom. The maximum Gasteiger partial charge on any atom is 0.319 e. The van der Waals surface area contributed by atoms with Crippen LogP contribution in [0.3, 0.4) is 0 Å². The van der Waals surface area contributed by atoms with Crippen molar-refractivity contribution in [2.24, 2.45) is 0 Å². The number of nitrogens with zero attached hydrogens (tertiary/aromatic N) is 2. The van der Waals surface area contributed by atoms with E-state index < -0.39 is 0 Å². The van der Waals surface area contributed by atoms with E-state index in [1.165, 1.54) is 0 Å². The summed E-state index contributed by atoms with van der Waals surface area (Å²) >= 11 is 0. The number of urea groups is 1. The van der Waals surface area contributed by atoms with Crippen LogP contribution >= 0.6 is 0 Å². The van der Waals surface area contributed by atoms with Crippen molar-refractivity contribution in [2.75, 3.05) is 27.2 Å². The summed E-state index contributed by atoms with van der Waals surface area (Å²) in [7, 11) is 3.57. The molecule has 2 amide bonds. The van der Waals surface area contributed by atoms with E-state index >= 15 is 0 Å². The minimum Gasteiger partial charge on any atom is -0.375 e. The van der Waals surface area contributed by atoms with E-state index in [0.717, 1.165) is 6.42 Å². The van der Waals surface area contributed by atoms with Crippen molar-refractivity contribution in [3.8, 4) is 0 Å². The van der Waals surface area contributed by atoms with Crippen LogP contribution < -0.4 is 0 Å². The Morgan fingerprint density at radius 1 is 1.57 bits per heavy atom. The zero-order valence-electron chi connectivity index (χ0n) is 9.49. The third-order valence-corrected chi connectivity index (χ3v) is 2.57. The molecule has 4 heteroatoms. The highest BCUT2D eigenvalue weighted by atomic mass is 16.5. The van der Waals surface area contributed by atoms with Gasteiger partial charge in [0.1, 0.15) is 0 Å². The number of hydrogen-bond acceptors (Lipinski definition) is 2. The van der Waals surface area contributed by atoms with Crippen LogP contribution in [0.5, 0.6) is 0 Å². The fraction of sp³-hybridized carbons (Fsp3) is 0.900. The molecule has 82 valence electrons. The van der Waals surface area contributed by atoms with E-state index in [1.807, 2.05) is 11.8 Å². The first kappa shape index (κ1) is 11.3. The summed E-state index contributed by atoms with van der Waals surface area (Å²) in [4.78, 5) is 15.3. The third-order valence-electron chi connectivity index (χ3n) is 2.57. The second-order valence-corrected chi connectivity index (χ2v) is 4.04. The molecule has 2 unspecified atom stereocenters. The Hall–Kier alpha value is -0.770. The molecule has 0 radical (unpaired) electrons. The molecule has 0 bridgehead atoms. The van der Waals surface area contributed by atoms with Gasteiger partial charge in [0, 0.05) is 20.6 Å². The Labute approximate surface area is 85.8 Å². The molecule has 1 rings (SSSR count). The zero-order valence-corrected chi connectivity index (χ0v) is 9.49. The monoisotopic (exact) mass is 200 g/mol. The molecule has 1 saturated heterocycles. The average Bonchev–Trinajstić information content (AvgIpc) is 2.16. The van der Waals surface area contributed by atoms with Crippen molar-refractivity contribution in [3.05, 3.63) is 0 Å². The summed E-state index contributed by atoms with van der Waals surface area (Å²) in [5.41, 5.74) is 0. The fourth-order valence-corrected chi connectivity index (χ4v) is 1.67. The summed E-state index contributed by atoms with van der Waals surface area (Å²) in [6.45, 7) is 5.45. The van der Waals surface area contributed by atoms with Crippen molar-refractivity contribution in [1.29, 1.82) is 0 Å². The van der Waals surface area contributed by atoms with Crippen molar-refractivity contribution in [2.45, 2.75) is 32.4 Å². The molecule has 14 heavy (non-hydrogen) atoms. The minimum atomic E-state index is 0.0898. The first-order valence-corrected chi connectivity index (χ1v) is 5.15. The number of carbonyl (C=O) groups is 1. The highest BCUT2D eigenvalue weighted by Crippen LogP contribution is 2.15. The molecule has 2 atom stereocenters. The Morgan fingerprint density at radius 3 is 2.71 bits per heavy atom. The summed E-state index contributed by atoms with van der Waals surface area (Å²) in [5, 5.41) is 0. The number of hydrogen-bond donors (Lipinski definition) is 0. The van der Waals surface area contributed by atoms with Crippen molar-refractivity contribution >= 4 is 6.03 Å². The molecule has 1 aliphatic rings. The van der Waals surface area contributed by atoms with Crippen molar-refractivity contribution < 1.29 is 9.53 Å². The molecule has 0 aromatic heterocycles. The van der Waals surface area contributed by atoms with E-state index in [4.69, 9.17) is 4.74 Å². The molecule has 1 aliphatic heterocycles. The minimum absolute atomic E-state index is 0.0898. The SMILES string of the molecule is CCC1COC(C)CN1C(=O)N(C)C. The van der Waals surface area contributed by atoms with Gasteiger partial charge in [-0.25, -0.2) is 4.79 Å². The predicted octanol–water partition coefficient (Wildman–Crippen LogP) is 1.17. The van der Waals surface area contributed by atoms with Gasteiger partial charge in [0.25, 0.3) is 0 Å². The van der Waals surface area contributed by atoms with Gasteiger partial charge in [0.15, 0.2) is 0 Å². The fourth-order valence-electron chi connectivity index (χ4n) is 1.67. The molecule has 4 nitrogen and oxygen atoms in total. The lowest BCUT2D eigenvalue weighted by molar-refractivity contribution is -0.0415. The Bertz CT molecular complexity index is 206. The van der Waals surface area contributed by atoms with E-state index in [0.29, 0.717) is 13.2 Å². The largest absolute Gasteiger partial charge is 0.375 e. The molecule has 1 heterocycles. The van der Waals surface area contributed by atoms with E-state index in [1.54, 1.807) is 19.0 Å². The second-order valence-electron chi connectivity index (χ2n) is 4.04. The van der Waals surface area contributed by atoms with Gasteiger partial charge in [-0.2, -0.15) is 0 Å². The van der Waals surface area contributed by atoms with E-state index in [-0.39, 0.29) is 18.2 Å². The van der Waals surface area contributed by atoms with Gasteiger partial charge >= 0.3 is 6.03 Å². The quantitative estimate of drug-likeness (QED) is 0.636. The van der Waals surface area contributed by atoms with Crippen LogP contribution in [-0.2, 0) is 4.74 Å². The summed E-state index contributed by atoms with van der Waals surface area (Å²) in [5.74, 6) is 0. The normalized spacial score (nSPS) is 27.6. The summed E-state index contributed by atoms with van der Waals surface area (Å²) in [6.07, 6.45) is 1.11. The summed E-state index contributed by atoms with van der Waals surface area (Å²) < 4.78 is 5.53. The lowest BCUT2D eigenvalue weighted by Crippen LogP contribution is -2.54. The lowest BCUT2D eigenvalue weighted by atomic mass is 10.1. The number of amides is 2. The first-order chi connectivity index (χ1) is 6.56. The molecule has 0 aromatic rings. The predicted molar refractivity (Wildman–Crippen MR) is 55.3 cm³/mol. The maximum absolute atomic E-state index is 11.8. The van der Waals surface area contributed by atoms with Gasteiger partial charge in [-0.05, 0) is 13.3 Å². The highest BCUT2D eigenvalue weighted by molar-refractivity contribution is 5.74. The van der Waals surface area contributed by atoms with E-state index in [9.17, 15) is 4.79 Å². The molecule has 1 fully saturated rings. The third kappa shape index (κ3) is 2.38. The van der Waals surface area contributed by atoms with Gasteiger partial charge in [0.2, 0.25) is 0 Å². The lowest BCUT2D eigenvalue weighted by Gasteiger charge is -2.39. The topological polar surface area (TPSA) is 32.8 Å². The number of morpholine rings is 1. The summed E-state index contributed by atoms with van der Waals surface area (Å²) in [6, 6.07) is 0.327. The Balaban J connectivity index is 2.65. The maximum atomic E-state index is 11.8. The smallest absolute Gasteiger partial charge is 0.319 e. The second kappa shape index (κ2) is 4.64. The van der Waals surface area contributed by atoms with Crippen LogP contribution in [0.15, 0.2) is 0 Å². The van der Waals surface area contributed by atoms with Crippen LogP contribution in [0.2, 0.25) is 0 Å². The van der Waals surface area contributed by atoms with E-state index in [2.05, 4.69) is 6.92 Å². The molecule has 0 aromatic carbocycles. The van der Waals surface area contributed by atoms with Crippen LogP contribution in [0.1, 0.15) is 20.3 Å². The van der Waals surface area contributed by atoms with Gasteiger partial charge in [0.05, 0.1) is 18.8 Å². The van der Waals surface area contributed by atoms with Crippen LogP contribution in [0.25, 0.3) is 0 Å². The number of ether oxygens (including phenoxy) is 1. The standard InChI is InChI=1S/C10H20N2O2/c1-5-9-7-14-8(2)6-12(9)10(13)11(3)4/h8-9H,5-7H2,1-4H3. The number of carbonyl (C=O) groups excluding carboxylic acids is 1. The van der Waals surface area contributed by atoms with Crippen LogP contribution in [0, 0.1) is 0 Å². The van der Waals surface area contributed by atoms with Crippen LogP contribution in [-0.4, -0.2) is 55.2 Å². The van der Waals surface area contributed by atoms with Gasteiger partial charge in [-0.1, -0.05) is 6.92 Å². The van der Waals surface area contributed by atoms with Crippen LogP contribution in [0.4, 0.5) is 4.79 Å². The molecule has 0 saturated carbocycles. The molecular formula is C10H20N2O2. The highest BCUT2D eigenvalue weighted by Gasteiger charge is 2.29. The average molecular weight is 200 g/mol. The van der Waals surface area contributed by atoms with Crippen molar-refractivity contribution in [3.63, 3.8) is 0 Å². The number of rotatable bonds is 1. The molecule has 0 N–H and O–H groups in total. The molecule has 0 aliphatic carbocycles. The van der Waals surface area contributed by atoms with Crippen molar-refractivity contribution in [1.82, 2.24) is 9.80 Å². The Kier molecular flexibility index (Phi) is 3.75.